The molecule has 0 amide bonds. The number of hydrogen-bond acceptors (Lipinski definition) is 2. The van der Waals surface area contributed by atoms with E-state index in [1.165, 1.54) is 6.07 Å². The van der Waals surface area contributed by atoms with Crippen molar-refractivity contribution < 1.29 is 8.78 Å². The predicted molar refractivity (Wildman–Crippen MR) is 59.0 cm³/mol. The van der Waals surface area contributed by atoms with Gasteiger partial charge in [-0.05, 0) is 26.0 Å². The van der Waals surface area contributed by atoms with Crippen LogP contribution in [-0.4, -0.2) is 13.6 Å². The van der Waals surface area contributed by atoms with E-state index in [4.69, 9.17) is 5.26 Å². The molecule has 0 unspecified atom stereocenters. The first-order valence-electron chi connectivity index (χ1n) is 4.93. The van der Waals surface area contributed by atoms with Crippen LogP contribution in [0.15, 0.2) is 18.2 Å². The highest BCUT2D eigenvalue weighted by atomic mass is 19.2. The second-order valence-corrected chi connectivity index (χ2v) is 4.45. The highest BCUT2D eigenvalue weighted by Crippen LogP contribution is 2.21. The van der Waals surface area contributed by atoms with E-state index in [0.717, 1.165) is 12.1 Å². The lowest BCUT2D eigenvalue weighted by molar-refractivity contribution is 0.492. The molecule has 0 aliphatic carbocycles. The van der Waals surface area contributed by atoms with Crippen molar-refractivity contribution in [2.24, 2.45) is 5.41 Å². The molecule has 0 aliphatic heterocycles. The molecular weight excluding hydrogens is 210 g/mol. The van der Waals surface area contributed by atoms with Crippen molar-refractivity contribution in [1.82, 2.24) is 0 Å². The fourth-order valence-corrected chi connectivity index (χ4v) is 1.44. The van der Waals surface area contributed by atoms with Crippen molar-refractivity contribution >= 4 is 5.69 Å². The Morgan fingerprint density at radius 1 is 1.31 bits per heavy atom. The Labute approximate surface area is 94.1 Å². The van der Waals surface area contributed by atoms with E-state index in [-0.39, 0.29) is 0 Å². The van der Waals surface area contributed by atoms with Crippen LogP contribution in [-0.2, 0) is 0 Å². The third kappa shape index (κ3) is 2.93. The quantitative estimate of drug-likeness (QED) is 0.789. The Balaban J connectivity index is 2.86. The third-order valence-electron chi connectivity index (χ3n) is 2.28. The van der Waals surface area contributed by atoms with Gasteiger partial charge >= 0.3 is 0 Å². The number of nitrogens with zero attached hydrogens (tertiary/aromatic N) is 2. The zero-order valence-electron chi connectivity index (χ0n) is 9.59. The van der Waals surface area contributed by atoms with Gasteiger partial charge in [-0.3, -0.25) is 0 Å². The van der Waals surface area contributed by atoms with E-state index >= 15 is 0 Å². The van der Waals surface area contributed by atoms with Gasteiger partial charge in [0.1, 0.15) is 0 Å². The fourth-order valence-electron chi connectivity index (χ4n) is 1.44. The molecule has 4 heteroatoms. The van der Waals surface area contributed by atoms with Crippen LogP contribution in [0.2, 0.25) is 0 Å². The first-order chi connectivity index (χ1) is 7.35. The van der Waals surface area contributed by atoms with Gasteiger partial charge < -0.3 is 4.90 Å². The van der Waals surface area contributed by atoms with Gasteiger partial charge in [0.25, 0.3) is 0 Å². The molecule has 86 valence electrons. The second kappa shape index (κ2) is 4.48. The molecule has 0 aromatic heterocycles. The zero-order valence-corrected chi connectivity index (χ0v) is 9.59. The van der Waals surface area contributed by atoms with Gasteiger partial charge in [-0.2, -0.15) is 5.26 Å². The van der Waals surface area contributed by atoms with Crippen LogP contribution in [0.1, 0.15) is 13.8 Å². The normalized spacial score (nSPS) is 11.0. The summed E-state index contributed by atoms with van der Waals surface area (Å²) in [4.78, 5) is 1.73. The number of hydrogen-bond donors (Lipinski definition) is 0. The summed E-state index contributed by atoms with van der Waals surface area (Å²) < 4.78 is 25.7. The molecule has 0 spiro atoms. The Morgan fingerprint density at radius 2 is 1.94 bits per heavy atom. The van der Waals surface area contributed by atoms with Crippen LogP contribution in [0, 0.1) is 28.4 Å². The summed E-state index contributed by atoms with van der Waals surface area (Å²) in [6, 6.07) is 5.86. The van der Waals surface area contributed by atoms with E-state index in [0.29, 0.717) is 12.2 Å². The van der Waals surface area contributed by atoms with Crippen LogP contribution in [0.3, 0.4) is 0 Å². The predicted octanol–water partition coefficient (Wildman–Crippen LogP) is 2.95. The van der Waals surface area contributed by atoms with E-state index in [9.17, 15) is 8.78 Å². The average molecular weight is 224 g/mol. The van der Waals surface area contributed by atoms with Crippen LogP contribution < -0.4 is 4.90 Å². The van der Waals surface area contributed by atoms with Gasteiger partial charge in [-0.1, -0.05) is 0 Å². The number of anilines is 1. The summed E-state index contributed by atoms with van der Waals surface area (Å²) in [5, 5.41) is 8.88. The molecule has 1 aromatic carbocycles. The highest BCUT2D eigenvalue weighted by Gasteiger charge is 2.19. The van der Waals surface area contributed by atoms with Crippen molar-refractivity contribution in [3.05, 3.63) is 29.8 Å². The Bertz CT molecular complexity index is 422. The second-order valence-electron chi connectivity index (χ2n) is 4.45. The lowest BCUT2D eigenvalue weighted by Crippen LogP contribution is -2.30. The number of benzene rings is 1. The Morgan fingerprint density at radius 3 is 2.44 bits per heavy atom. The van der Waals surface area contributed by atoms with Gasteiger partial charge in [0.15, 0.2) is 11.6 Å². The van der Waals surface area contributed by atoms with E-state index in [2.05, 4.69) is 6.07 Å². The summed E-state index contributed by atoms with van der Waals surface area (Å²) in [7, 11) is 1.74. The summed E-state index contributed by atoms with van der Waals surface area (Å²) in [6.07, 6.45) is 0. The van der Waals surface area contributed by atoms with Crippen molar-refractivity contribution in [3.8, 4) is 6.07 Å². The first-order valence-corrected chi connectivity index (χ1v) is 4.93. The molecule has 0 aliphatic rings. The van der Waals surface area contributed by atoms with Crippen LogP contribution in [0.5, 0.6) is 0 Å². The molecule has 0 radical (unpaired) electrons. The SMILES string of the molecule is CN(CC(C)(C)C#N)c1ccc(F)c(F)c1. The molecule has 0 bridgehead atoms. The standard InChI is InChI=1S/C12H14F2N2/c1-12(2,7-15)8-16(3)9-4-5-10(13)11(14)6-9/h4-6H,8H2,1-3H3. The summed E-state index contributed by atoms with van der Waals surface area (Å²) in [6.45, 7) is 4.04. The molecule has 1 rings (SSSR count). The molecular formula is C12H14F2N2. The zero-order chi connectivity index (χ0) is 12.3. The van der Waals surface area contributed by atoms with Gasteiger partial charge in [0.2, 0.25) is 0 Å². The van der Waals surface area contributed by atoms with Gasteiger partial charge in [-0.25, -0.2) is 8.78 Å². The van der Waals surface area contributed by atoms with Crippen molar-refractivity contribution in [3.63, 3.8) is 0 Å². The molecule has 16 heavy (non-hydrogen) atoms. The summed E-state index contributed by atoms with van der Waals surface area (Å²) in [5.74, 6) is -1.74. The third-order valence-corrected chi connectivity index (χ3v) is 2.28. The lowest BCUT2D eigenvalue weighted by atomic mass is 9.95. The van der Waals surface area contributed by atoms with E-state index in [1.54, 1.807) is 25.8 Å². The maximum absolute atomic E-state index is 13.0. The minimum absolute atomic E-state index is 0.453. The summed E-state index contributed by atoms with van der Waals surface area (Å²) >= 11 is 0. The van der Waals surface area contributed by atoms with Crippen LogP contribution in [0.4, 0.5) is 14.5 Å². The van der Waals surface area contributed by atoms with Gasteiger partial charge in [-0.15, -0.1) is 0 Å². The Kier molecular flexibility index (Phi) is 3.48. The van der Waals surface area contributed by atoms with Gasteiger partial charge in [0.05, 0.1) is 11.5 Å². The number of nitriles is 1. The molecule has 0 atom stereocenters. The van der Waals surface area contributed by atoms with E-state index < -0.39 is 17.0 Å². The lowest BCUT2D eigenvalue weighted by Gasteiger charge is -2.26. The monoisotopic (exact) mass is 224 g/mol. The molecule has 1 aromatic rings. The minimum atomic E-state index is -0.876. The van der Waals surface area contributed by atoms with Gasteiger partial charge in [0, 0.05) is 25.3 Å². The smallest absolute Gasteiger partial charge is 0.160 e. The molecule has 0 saturated carbocycles. The van der Waals surface area contributed by atoms with Crippen LogP contribution >= 0.6 is 0 Å². The van der Waals surface area contributed by atoms with Crippen molar-refractivity contribution in [2.75, 3.05) is 18.5 Å². The van der Waals surface area contributed by atoms with Crippen LogP contribution in [0.25, 0.3) is 0 Å². The number of rotatable bonds is 3. The molecule has 0 saturated heterocycles. The minimum Gasteiger partial charge on any atom is -0.373 e. The molecule has 0 fully saturated rings. The average Bonchev–Trinajstić information content (AvgIpc) is 2.21. The first kappa shape index (κ1) is 12.4. The van der Waals surface area contributed by atoms with Crippen molar-refractivity contribution in [2.45, 2.75) is 13.8 Å². The number of halogens is 2. The largest absolute Gasteiger partial charge is 0.373 e. The maximum Gasteiger partial charge on any atom is 0.160 e. The van der Waals surface area contributed by atoms with Crippen molar-refractivity contribution in [1.29, 1.82) is 5.26 Å². The fraction of sp³-hybridized carbons (Fsp3) is 0.417. The topological polar surface area (TPSA) is 27.0 Å². The van der Waals surface area contributed by atoms with E-state index in [1.807, 2.05) is 0 Å². The molecule has 0 N–H and O–H groups in total. The molecule has 2 nitrogen and oxygen atoms in total. The molecule has 0 heterocycles. The Hall–Kier alpha value is -1.63. The summed E-state index contributed by atoms with van der Waals surface area (Å²) in [5.41, 5.74) is 0.0295. The maximum atomic E-state index is 13.0. The highest BCUT2D eigenvalue weighted by molar-refractivity contribution is 5.46.